The lowest BCUT2D eigenvalue weighted by Crippen LogP contribution is -2.51. The van der Waals surface area contributed by atoms with Gasteiger partial charge in [-0.1, -0.05) is 11.2 Å². The number of nitrogens with one attached hydrogen (secondary N) is 2. The first-order valence-electron chi connectivity index (χ1n) is 6.20. The van der Waals surface area contributed by atoms with Crippen molar-refractivity contribution in [2.75, 3.05) is 18.6 Å². The molecule has 0 radical (unpaired) electrons. The highest BCUT2D eigenvalue weighted by Gasteiger charge is 2.25. The number of hydrogen-bond donors (Lipinski definition) is 5. The van der Waals surface area contributed by atoms with Gasteiger partial charge in [0.1, 0.15) is 18.3 Å². The monoisotopic (exact) mass is 337 g/mol. The lowest BCUT2D eigenvalue weighted by atomic mass is 10.1. The van der Waals surface area contributed by atoms with E-state index in [0.717, 1.165) is 0 Å². The van der Waals surface area contributed by atoms with Crippen LogP contribution in [0.1, 0.15) is 12.8 Å². The lowest BCUT2D eigenvalue weighted by Gasteiger charge is -2.18. The van der Waals surface area contributed by atoms with Gasteiger partial charge in [-0.3, -0.25) is 19.2 Å². The highest BCUT2D eigenvalue weighted by atomic mass is 32.2. The van der Waals surface area contributed by atoms with Gasteiger partial charge < -0.3 is 31.1 Å². The number of amides is 2. The second-order valence-electron chi connectivity index (χ2n) is 4.45. The van der Waals surface area contributed by atoms with E-state index in [1.807, 2.05) is 0 Å². The molecular formula is C11H19N3O7S. The molecule has 11 heteroatoms. The summed E-state index contributed by atoms with van der Waals surface area (Å²) in [4.78, 5) is 44.3. The molecule has 2 amide bonds. The van der Waals surface area contributed by atoms with Crippen LogP contribution >= 0.6 is 0 Å². The number of carbonyl (C=O) groups is 4. The number of carboxylic acid groups (broad SMARTS) is 2. The Labute approximate surface area is 129 Å². The summed E-state index contributed by atoms with van der Waals surface area (Å²) in [5, 5.41) is 21.4. The Balaban J connectivity index is 4.50. The SMILES string of the molecule is C[S+]([O-])C[C@H](NC(=O)CCC(N)C(=O)O)C(=O)NCC(=O)O. The van der Waals surface area contributed by atoms with Gasteiger partial charge >= 0.3 is 11.9 Å². The molecule has 2 unspecified atom stereocenters. The predicted molar refractivity (Wildman–Crippen MR) is 76.4 cm³/mol. The van der Waals surface area contributed by atoms with Crippen LogP contribution in [0.25, 0.3) is 0 Å². The molecule has 10 nitrogen and oxygen atoms in total. The summed E-state index contributed by atoms with van der Waals surface area (Å²) in [7, 11) is 0. The molecule has 22 heavy (non-hydrogen) atoms. The van der Waals surface area contributed by atoms with E-state index >= 15 is 0 Å². The molecule has 0 aliphatic carbocycles. The molecule has 0 saturated carbocycles. The average Bonchev–Trinajstić information content (AvgIpc) is 2.40. The molecule has 126 valence electrons. The van der Waals surface area contributed by atoms with Gasteiger partial charge in [-0.25, -0.2) is 0 Å². The van der Waals surface area contributed by atoms with Crippen molar-refractivity contribution in [1.29, 1.82) is 0 Å². The Morgan fingerprint density at radius 2 is 1.86 bits per heavy atom. The molecule has 0 saturated heterocycles. The summed E-state index contributed by atoms with van der Waals surface area (Å²) in [6, 6.07) is -2.37. The van der Waals surface area contributed by atoms with Gasteiger partial charge in [-0.15, -0.1) is 0 Å². The Bertz CT molecular complexity index is 430. The summed E-state index contributed by atoms with van der Waals surface area (Å²) in [6.07, 6.45) is 0.969. The topological polar surface area (TPSA) is 182 Å². The number of carboxylic acids is 2. The molecule has 0 aromatic carbocycles. The first kappa shape index (κ1) is 20.1. The van der Waals surface area contributed by atoms with E-state index in [0.29, 0.717) is 0 Å². The van der Waals surface area contributed by atoms with Crippen LogP contribution in [0, 0.1) is 0 Å². The summed E-state index contributed by atoms with van der Waals surface area (Å²) in [6.45, 7) is -0.633. The second kappa shape index (κ2) is 9.97. The first-order valence-corrected chi connectivity index (χ1v) is 7.93. The minimum atomic E-state index is -1.41. The van der Waals surface area contributed by atoms with Gasteiger partial charge in [0.15, 0.2) is 6.04 Å². The van der Waals surface area contributed by atoms with Crippen LogP contribution in [0.2, 0.25) is 0 Å². The third-order valence-corrected chi connectivity index (χ3v) is 3.27. The van der Waals surface area contributed by atoms with Crippen LogP contribution < -0.4 is 16.4 Å². The van der Waals surface area contributed by atoms with E-state index in [2.05, 4.69) is 10.6 Å². The van der Waals surface area contributed by atoms with Crippen LogP contribution in [-0.2, 0) is 30.4 Å². The van der Waals surface area contributed by atoms with Crippen LogP contribution in [0.3, 0.4) is 0 Å². The smallest absolute Gasteiger partial charge is 0.322 e. The molecular weight excluding hydrogens is 318 g/mol. The number of nitrogens with two attached hydrogens (primary N) is 1. The molecule has 0 spiro atoms. The predicted octanol–water partition coefficient (Wildman–Crippen LogP) is -2.76. The molecule has 0 aromatic rings. The van der Waals surface area contributed by atoms with Crippen molar-refractivity contribution in [3.05, 3.63) is 0 Å². The van der Waals surface area contributed by atoms with E-state index in [-0.39, 0.29) is 18.6 Å². The van der Waals surface area contributed by atoms with E-state index in [9.17, 15) is 23.7 Å². The number of carbonyl (C=O) groups excluding carboxylic acids is 2. The maximum absolute atomic E-state index is 11.7. The van der Waals surface area contributed by atoms with Crippen molar-refractivity contribution in [1.82, 2.24) is 10.6 Å². The van der Waals surface area contributed by atoms with Gasteiger partial charge in [-0.05, 0) is 6.42 Å². The number of aliphatic carboxylic acids is 2. The second-order valence-corrected chi connectivity index (χ2v) is 5.93. The average molecular weight is 337 g/mol. The van der Waals surface area contributed by atoms with Gasteiger partial charge in [0.25, 0.3) is 0 Å². The molecule has 0 bridgehead atoms. The third-order valence-electron chi connectivity index (χ3n) is 2.47. The molecule has 0 aliphatic rings. The van der Waals surface area contributed by atoms with E-state index in [4.69, 9.17) is 15.9 Å². The Morgan fingerprint density at radius 3 is 2.32 bits per heavy atom. The van der Waals surface area contributed by atoms with Gasteiger partial charge in [0, 0.05) is 6.42 Å². The highest BCUT2D eigenvalue weighted by Crippen LogP contribution is 1.98. The fourth-order valence-electron chi connectivity index (χ4n) is 1.38. The fourth-order valence-corrected chi connectivity index (χ4v) is 2.08. The van der Waals surface area contributed by atoms with Crippen LogP contribution in [-0.4, -0.2) is 69.2 Å². The van der Waals surface area contributed by atoms with Gasteiger partial charge in [0.2, 0.25) is 11.8 Å². The summed E-state index contributed by atoms with van der Waals surface area (Å²) in [5.41, 5.74) is 5.24. The largest absolute Gasteiger partial charge is 0.616 e. The van der Waals surface area contributed by atoms with Crippen molar-refractivity contribution in [2.45, 2.75) is 24.9 Å². The quantitative estimate of drug-likeness (QED) is 0.266. The zero-order valence-electron chi connectivity index (χ0n) is 11.9. The molecule has 0 aliphatic heterocycles. The van der Waals surface area contributed by atoms with Crippen LogP contribution in [0.15, 0.2) is 0 Å². The van der Waals surface area contributed by atoms with E-state index < -0.39 is 53.6 Å². The normalized spacial score (nSPS) is 14.5. The molecule has 3 atom stereocenters. The van der Waals surface area contributed by atoms with Crippen molar-refractivity contribution in [3.8, 4) is 0 Å². The maximum Gasteiger partial charge on any atom is 0.322 e. The summed E-state index contributed by atoms with van der Waals surface area (Å²) in [5.74, 6) is -4.13. The molecule has 0 heterocycles. The molecule has 0 fully saturated rings. The number of rotatable bonds is 10. The van der Waals surface area contributed by atoms with Crippen molar-refractivity contribution >= 4 is 34.9 Å². The zero-order valence-corrected chi connectivity index (χ0v) is 12.7. The third kappa shape index (κ3) is 9.15. The van der Waals surface area contributed by atoms with Crippen molar-refractivity contribution in [3.63, 3.8) is 0 Å². The van der Waals surface area contributed by atoms with Crippen LogP contribution in [0.4, 0.5) is 0 Å². The fraction of sp³-hybridized carbons (Fsp3) is 0.636. The minimum Gasteiger partial charge on any atom is -0.616 e. The van der Waals surface area contributed by atoms with Crippen molar-refractivity contribution in [2.24, 2.45) is 5.73 Å². The molecule has 6 N–H and O–H groups in total. The summed E-state index contributed by atoms with van der Waals surface area (Å²) < 4.78 is 11.2. The first-order chi connectivity index (χ1) is 10.1. The Kier molecular flexibility index (Phi) is 9.13. The van der Waals surface area contributed by atoms with Gasteiger partial charge in [-0.2, -0.15) is 0 Å². The van der Waals surface area contributed by atoms with Gasteiger partial charge in [0.05, 0.1) is 6.26 Å². The van der Waals surface area contributed by atoms with Crippen molar-refractivity contribution < 1.29 is 33.9 Å². The summed E-state index contributed by atoms with van der Waals surface area (Å²) >= 11 is -1.41. The van der Waals surface area contributed by atoms with E-state index in [1.165, 1.54) is 6.26 Å². The Morgan fingerprint density at radius 1 is 1.27 bits per heavy atom. The highest BCUT2D eigenvalue weighted by molar-refractivity contribution is 7.90. The molecule has 0 aromatic heterocycles. The van der Waals surface area contributed by atoms with E-state index in [1.54, 1.807) is 0 Å². The maximum atomic E-state index is 11.7. The lowest BCUT2D eigenvalue weighted by molar-refractivity contribution is -0.139. The Hall–Kier alpha value is -1.85. The van der Waals surface area contributed by atoms with Crippen LogP contribution in [0.5, 0.6) is 0 Å². The molecule has 0 rings (SSSR count). The number of hydrogen-bond acceptors (Lipinski definition) is 6. The zero-order chi connectivity index (χ0) is 17.3. The minimum absolute atomic E-state index is 0.125. The standard InChI is InChI=1S/C11H19N3O7S/c1-22(21)5-7(10(18)13-4-9(16)17)14-8(15)3-2-6(12)11(19)20/h6-7H,2-5,12H2,1H3,(H,13,18)(H,14,15)(H,16,17)(H,19,20)/t6?,7-,22?/m0/s1.